The van der Waals surface area contributed by atoms with E-state index in [2.05, 4.69) is 23.5 Å². The van der Waals surface area contributed by atoms with Crippen LogP contribution in [-0.2, 0) is 9.59 Å². The van der Waals surface area contributed by atoms with Crippen molar-refractivity contribution >= 4 is 23.6 Å². The molecular formula is C17H34N2O2S. The highest BCUT2D eigenvalue weighted by Gasteiger charge is 2.23. The van der Waals surface area contributed by atoms with Gasteiger partial charge in [-0.05, 0) is 37.9 Å². The van der Waals surface area contributed by atoms with Crippen molar-refractivity contribution in [3.63, 3.8) is 0 Å². The SMILES string of the molecule is CCC.CCC(=O)C1CCN(CCSNC(=O)C(C)C)CC1. The summed E-state index contributed by atoms with van der Waals surface area (Å²) in [5.41, 5.74) is 0. The summed E-state index contributed by atoms with van der Waals surface area (Å²) in [7, 11) is 0. The number of carbonyl (C=O) groups is 2. The maximum atomic E-state index is 11.6. The van der Waals surface area contributed by atoms with E-state index in [1.54, 1.807) is 0 Å². The van der Waals surface area contributed by atoms with Crippen molar-refractivity contribution in [2.45, 2.75) is 60.3 Å². The van der Waals surface area contributed by atoms with Crippen LogP contribution in [-0.4, -0.2) is 42.0 Å². The normalized spacial score (nSPS) is 16.1. The molecule has 1 heterocycles. The minimum atomic E-state index is 0.0447. The van der Waals surface area contributed by atoms with Crippen LogP contribution in [0.5, 0.6) is 0 Å². The van der Waals surface area contributed by atoms with Crippen LogP contribution in [0.1, 0.15) is 60.3 Å². The molecule has 4 nitrogen and oxygen atoms in total. The Kier molecular flexibility index (Phi) is 12.6. The number of nitrogens with zero attached hydrogens (tertiary/aromatic N) is 1. The van der Waals surface area contributed by atoms with Crippen LogP contribution < -0.4 is 4.72 Å². The van der Waals surface area contributed by atoms with Gasteiger partial charge < -0.3 is 4.90 Å². The molecular weight excluding hydrogens is 296 g/mol. The van der Waals surface area contributed by atoms with Gasteiger partial charge in [-0.1, -0.05) is 41.0 Å². The largest absolute Gasteiger partial charge is 0.302 e. The van der Waals surface area contributed by atoms with Gasteiger partial charge in [-0.25, -0.2) is 0 Å². The van der Waals surface area contributed by atoms with E-state index in [4.69, 9.17) is 0 Å². The van der Waals surface area contributed by atoms with Crippen LogP contribution in [0.25, 0.3) is 0 Å². The molecule has 1 rings (SSSR count). The summed E-state index contributed by atoms with van der Waals surface area (Å²) in [6.45, 7) is 13.0. The smallest absolute Gasteiger partial charge is 0.232 e. The minimum absolute atomic E-state index is 0.0447. The molecule has 0 saturated carbocycles. The second-order valence-corrected chi connectivity index (χ2v) is 7.01. The van der Waals surface area contributed by atoms with Gasteiger partial charge in [0.2, 0.25) is 5.91 Å². The molecule has 0 aromatic rings. The fourth-order valence-corrected chi connectivity index (χ4v) is 3.01. The number of hydrogen-bond acceptors (Lipinski definition) is 4. The van der Waals surface area contributed by atoms with Gasteiger partial charge in [-0.15, -0.1) is 0 Å². The second kappa shape index (κ2) is 12.9. The van der Waals surface area contributed by atoms with Crippen LogP contribution >= 0.6 is 11.9 Å². The summed E-state index contributed by atoms with van der Waals surface area (Å²) in [6, 6.07) is 0. The van der Waals surface area contributed by atoms with Crippen molar-refractivity contribution in [2.24, 2.45) is 11.8 Å². The minimum Gasteiger partial charge on any atom is -0.302 e. The molecule has 5 heteroatoms. The highest BCUT2D eigenvalue weighted by Crippen LogP contribution is 2.19. The highest BCUT2D eigenvalue weighted by molar-refractivity contribution is 7.97. The van der Waals surface area contributed by atoms with E-state index in [1.165, 1.54) is 18.4 Å². The number of hydrogen-bond donors (Lipinski definition) is 1. The molecule has 0 unspecified atom stereocenters. The molecule has 0 aromatic carbocycles. The molecule has 0 atom stereocenters. The van der Waals surface area contributed by atoms with E-state index in [1.807, 2.05) is 20.8 Å². The lowest BCUT2D eigenvalue weighted by Crippen LogP contribution is -2.37. The molecule has 0 bridgehead atoms. The van der Waals surface area contributed by atoms with Gasteiger partial charge >= 0.3 is 0 Å². The molecule has 22 heavy (non-hydrogen) atoms. The van der Waals surface area contributed by atoms with Gasteiger partial charge in [0.1, 0.15) is 5.78 Å². The van der Waals surface area contributed by atoms with Crippen molar-refractivity contribution in [2.75, 3.05) is 25.4 Å². The fourth-order valence-electron chi connectivity index (χ4n) is 2.18. The van der Waals surface area contributed by atoms with E-state index in [9.17, 15) is 9.59 Å². The lowest BCUT2D eigenvalue weighted by molar-refractivity contribution is -0.124. The van der Waals surface area contributed by atoms with Crippen molar-refractivity contribution in [1.29, 1.82) is 0 Å². The molecule has 1 N–H and O–H groups in total. The summed E-state index contributed by atoms with van der Waals surface area (Å²) >= 11 is 1.49. The second-order valence-electron chi connectivity index (χ2n) is 6.11. The lowest BCUT2D eigenvalue weighted by atomic mass is 9.91. The van der Waals surface area contributed by atoms with Gasteiger partial charge in [0, 0.05) is 30.6 Å². The van der Waals surface area contributed by atoms with Gasteiger partial charge in [0.15, 0.2) is 0 Å². The summed E-state index contributed by atoms with van der Waals surface area (Å²) in [5, 5.41) is 0. The highest BCUT2D eigenvalue weighted by atomic mass is 32.2. The van der Waals surface area contributed by atoms with E-state index in [-0.39, 0.29) is 17.7 Å². The monoisotopic (exact) mass is 330 g/mol. The number of likely N-dealkylation sites (tertiary alicyclic amines) is 1. The number of Topliss-reactive ketones (excluding diaryl/α,β-unsaturated/α-hetero) is 1. The first-order valence-corrected chi connectivity index (χ1v) is 9.61. The van der Waals surface area contributed by atoms with Crippen molar-refractivity contribution in [3.8, 4) is 0 Å². The number of piperidine rings is 1. The third kappa shape index (κ3) is 9.46. The third-order valence-electron chi connectivity index (χ3n) is 3.60. The zero-order valence-electron chi connectivity index (χ0n) is 15.0. The Labute approximate surface area is 140 Å². The van der Waals surface area contributed by atoms with Gasteiger partial charge in [0.05, 0.1) is 0 Å². The van der Waals surface area contributed by atoms with Crippen LogP contribution in [0.2, 0.25) is 0 Å². The molecule has 0 aromatic heterocycles. The summed E-state index contributed by atoms with van der Waals surface area (Å²) in [6.07, 6.45) is 3.91. The first kappa shape index (κ1) is 21.4. The molecule has 1 amide bonds. The lowest BCUT2D eigenvalue weighted by Gasteiger charge is -2.30. The fraction of sp³-hybridized carbons (Fsp3) is 0.882. The van der Waals surface area contributed by atoms with Crippen molar-refractivity contribution in [1.82, 2.24) is 9.62 Å². The maximum absolute atomic E-state index is 11.6. The first-order chi connectivity index (χ1) is 10.5. The number of rotatable bonds is 7. The van der Waals surface area contributed by atoms with Crippen LogP contribution in [0.15, 0.2) is 0 Å². The Hall–Kier alpha value is -0.550. The predicted octanol–water partition coefficient (Wildman–Crippen LogP) is 3.51. The van der Waals surface area contributed by atoms with Crippen molar-refractivity contribution < 1.29 is 9.59 Å². The molecule has 0 radical (unpaired) electrons. The molecule has 1 fully saturated rings. The van der Waals surface area contributed by atoms with E-state index in [0.29, 0.717) is 12.2 Å². The standard InChI is InChI=1S/C14H26N2O2S.C3H8/c1-4-13(17)12-5-7-16(8-6-12)9-10-19-15-14(18)11(2)3;1-3-2/h11-12H,4-10H2,1-3H3,(H,15,18);3H2,1-2H3. The molecule has 130 valence electrons. The first-order valence-electron chi connectivity index (χ1n) is 8.62. The average Bonchev–Trinajstić information content (AvgIpc) is 2.51. The topological polar surface area (TPSA) is 49.4 Å². The Morgan fingerprint density at radius 3 is 2.18 bits per heavy atom. The van der Waals surface area contributed by atoms with E-state index < -0.39 is 0 Å². The third-order valence-corrected chi connectivity index (χ3v) is 4.33. The zero-order chi connectivity index (χ0) is 17.0. The van der Waals surface area contributed by atoms with Crippen LogP contribution in [0.3, 0.4) is 0 Å². The Morgan fingerprint density at radius 1 is 1.18 bits per heavy atom. The van der Waals surface area contributed by atoms with Gasteiger partial charge in [0.25, 0.3) is 0 Å². The molecule has 1 aliphatic rings. The van der Waals surface area contributed by atoms with Crippen LogP contribution in [0, 0.1) is 11.8 Å². The molecule has 0 aliphatic carbocycles. The maximum Gasteiger partial charge on any atom is 0.232 e. The Morgan fingerprint density at radius 2 is 1.73 bits per heavy atom. The van der Waals surface area contributed by atoms with Gasteiger partial charge in [-0.2, -0.15) is 0 Å². The van der Waals surface area contributed by atoms with Gasteiger partial charge in [-0.3, -0.25) is 14.3 Å². The summed E-state index contributed by atoms with van der Waals surface area (Å²) < 4.78 is 2.85. The number of ketones is 1. The predicted molar refractivity (Wildman–Crippen MR) is 95.9 cm³/mol. The average molecular weight is 331 g/mol. The van der Waals surface area contributed by atoms with Crippen LogP contribution in [0.4, 0.5) is 0 Å². The van der Waals surface area contributed by atoms with Crippen molar-refractivity contribution in [3.05, 3.63) is 0 Å². The summed E-state index contributed by atoms with van der Waals surface area (Å²) in [4.78, 5) is 25.3. The number of carbonyl (C=O) groups excluding carboxylic acids is 2. The molecule has 1 saturated heterocycles. The quantitative estimate of drug-likeness (QED) is 0.573. The van der Waals surface area contributed by atoms with E-state index >= 15 is 0 Å². The number of nitrogens with one attached hydrogen (secondary N) is 1. The molecule has 1 aliphatic heterocycles. The summed E-state index contributed by atoms with van der Waals surface area (Å²) in [5.74, 6) is 1.75. The zero-order valence-corrected chi connectivity index (χ0v) is 15.8. The van der Waals surface area contributed by atoms with E-state index in [0.717, 1.165) is 38.2 Å². The Balaban J connectivity index is 0.00000135. The number of amides is 1. The molecule has 0 spiro atoms. The Bertz CT molecular complexity index is 314.